The van der Waals surface area contributed by atoms with Gasteiger partial charge in [0, 0.05) is 12.0 Å². The summed E-state index contributed by atoms with van der Waals surface area (Å²) < 4.78 is 16.0. The fourth-order valence-electron chi connectivity index (χ4n) is 2.31. The molecule has 0 fully saturated rings. The zero-order chi connectivity index (χ0) is 16.9. The lowest BCUT2D eigenvalue weighted by atomic mass is 10.1. The van der Waals surface area contributed by atoms with Gasteiger partial charge in [-0.15, -0.1) is 10.2 Å². The summed E-state index contributed by atoms with van der Waals surface area (Å²) in [5.41, 5.74) is 0. The van der Waals surface area contributed by atoms with Crippen LogP contribution in [0.25, 0.3) is 0 Å². The van der Waals surface area contributed by atoms with E-state index in [4.69, 9.17) is 14.2 Å². The van der Waals surface area contributed by atoms with Crippen LogP contribution < -0.4 is 19.5 Å². The number of nitrogens with one attached hydrogen (secondary N) is 1. The van der Waals surface area contributed by atoms with Gasteiger partial charge in [0.05, 0.1) is 0 Å². The molecule has 1 amide bonds. The number of carbonyl (C=O) groups is 1. The highest BCUT2D eigenvalue weighted by Gasteiger charge is 2.15. The first kappa shape index (κ1) is 16.5. The Hall–Kier alpha value is -2.35. The molecule has 0 unspecified atom stereocenters. The second-order valence-corrected chi connectivity index (χ2v) is 6.50. The summed E-state index contributed by atoms with van der Waals surface area (Å²) in [6, 6.07) is 5.18. The van der Waals surface area contributed by atoms with Crippen molar-refractivity contribution in [2.24, 2.45) is 0 Å². The van der Waals surface area contributed by atoms with Crippen molar-refractivity contribution in [3.63, 3.8) is 0 Å². The minimum atomic E-state index is -0.279. The molecular weight excluding hydrogens is 330 g/mol. The van der Waals surface area contributed by atoms with Gasteiger partial charge in [0.1, 0.15) is 10.8 Å². The van der Waals surface area contributed by atoms with E-state index in [9.17, 15) is 4.79 Å². The normalized spacial score (nSPS) is 13.6. The molecule has 128 valence electrons. The topological polar surface area (TPSA) is 82.6 Å². The molecule has 1 aliphatic heterocycles. The summed E-state index contributed by atoms with van der Waals surface area (Å²) in [5.74, 6) is 1.91. The van der Waals surface area contributed by atoms with Crippen molar-refractivity contribution in [2.75, 3.05) is 18.7 Å². The Balaban J connectivity index is 1.51. The van der Waals surface area contributed by atoms with Gasteiger partial charge in [-0.3, -0.25) is 10.1 Å². The quantitative estimate of drug-likeness (QED) is 0.826. The molecule has 1 aromatic carbocycles. The Morgan fingerprint density at radius 1 is 1.38 bits per heavy atom. The van der Waals surface area contributed by atoms with Crippen molar-refractivity contribution in [3.05, 3.63) is 23.2 Å². The molecule has 0 saturated heterocycles. The summed E-state index contributed by atoms with van der Waals surface area (Å²) in [5, 5.41) is 12.3. The summed E-state index contributed by atoms with van der Waals surface area (Å²) in [6.45, 7) is 4.33. The van der Waals surface area contributed by atoms with Crippen LogP contribution >= 0.6 is 11.3 Å². The first-order valence-electron chi connectivity index (χ1n) is 7.81. The number of nitrogens with zero attached hydrogens (tertiary/aromatic N) is 2. The minimum absolute atomic E-state index is 0.112. The predicted octanol–water partition coefficient (Wildman–Crippen LogP) is 3.19. The van der Waals surface area contributed by atoms with Crippen LogP contribution in [0.4, 0.5) is 5.13 Å². The highest BCUT2D eigenvalue weighted by Crippen LogP contribution is 2.35. The van der Waals surface area contributed by atoms with Crippen molar-refractivity contribution >= 4 is 22.4 Å². The molecule has 1 aliphatic rings. The second-order valence-electron chi connectivity index (χ2n) is 5.49. The molecule has 8 heteroatoms. The molecule has 0 radical (unpaired) electrons. The maximum Gasteiger partial charge on any atom is 0.264 e. The van der Waals surface area contributed by atoms with Gasteiger partial charge in [-0.05, 0) is 18.6 Å². The molecule has 2 heterocycles. The number of anilines is 1. The number of fused-ring (bicyclic) bond motifs is 1. The average Bonchev–Trinajstić information content (AvgIpc) is 3.21. The Bertz CT molecular complexity index is 719. The summed E-state index contributed by atoms with van der Waals surface area (Å²) in [4.78, 5) is 12.0. The molecule has 1 N–H and O–H groups in total. The number of carbonyl (C=O) groups excluding carboxylic acids is 1. The number of amides is 1. The van der Waals surface area contributed by atoms with Crippen LogP contribution in [-0.2, 0) is 4.79 Å². The van der Waals surface area contributed by atoms with Crippen LogP contribution in [0.3, 0.4) is 0 Å². The molecule has 0 aliphatic carbocycles. The smallest absolute Gasteiger partial charge is 0.264 e. The molecule has 7 nitrogen and oxygen atoms in total. The van der Waals surface area contributed by atoms with Gasteiger partial charge in [-0.1, -0.05) is 31.6 Å². The number of hydrogen-bond donors (Lipinski definition) is 1. The van der Waals surface area contributed by atoms with Gasteiger partial charge in [0.25, 0.3) is 5.91 Å². The van der Waals surface area contributed by atoms with Crippen LogP contribution in [0, 0.1) is 0 Å². The van der Waals surface area contributed by atoms with E-state index in [1.807, 2.05) is 0 Å². The monoisotopic (exact) mass is 349 g/mol. The molecule has 24 heavy (non-hydrogen) atoms. The fourth-order valence-corrected chi connectivity index (χ4v) is 3.16. The molecule has 0 spiro atoms. The van der Waals surface area contributed by atoms with Gasteiger partial charge in [0.2, 0.25) is 11.9 Å². The molecule has 1 atom stereocenters. The van der Waals surface area contributed by atoms with E-state index in [2.05, 4.69) is 29.4 Å². The Kier molecular flexibility index (Phi) is 5.14. The lowest BCUT2D eigenvalue weighted by Crippen LogP contribution is -2.20. The minimum Gasteiger partial charge on any atom is -0.484 e. The molecular formula is C16H19N3O4S. The van der Waals surface area contributed by atoms with Gasteiger partial charge < -0.3 is 14.2 Å². The number of ether oxygens (including phenoxy) is 3. The van der Waals surface area contributed by atoms with E-state index in [-0.39, 0.29) is 19.3 Å². The van der Waals surface area contributed by atoms with E-state index in [1.165, 1.54) is 11.3 Å². The van der Waals surface area contributed by atoms with Crippen LogP contribution in [0.1, 0.15) is 37.6 Å². The van der Waals surface area contributed by atoms with Crippen molar-refractivity contribution in [1.29, 1.82) is 0 Å². The molecule has 0 saturated carbocycles. The SMILES string of the molecule is CCC[C@@H](C)c1nnc(NC(=O)COc2ccc3c(c2)OCO3)s1. The van der Waals surface area contributed by atoms with Gasteiger partial charge >= 0.3 is 0 Å². The standard InChI is InChI=1S/C16H19N3O4S/c1-3-4-10(2)15-18-19-16(24-15)17-14(20)8-21-11-5-6-12-13(7-11)23-9-22-12/h5-7,10H,3-4,8-9H2,1-2H3,(H,17,19,20)/t10-/m1/s1. The number of rotatable bonds is 7. The van der Waals surface area contributed by atoms with Crippen LogP contribution in [0.15, 0.2) is 18.2 Å². The first-order chi connectivity index (χ1) is 11.7. The molecule has 1 aromatic heterocycles. The molecule has 2 aromatic rings. The Morgan fingerprint density at radius 3 is 3.04 bits per heavy atom. The second kappa shape index (κ2) is 7.48. The van der Waals surface area contributed by atoms with Crippen LogP contribution in [0.2, 0.25) is 0 Å². The van der Waals surface area contributed by atoms with Crippen LogP contribution in [-0.4, -0.2) is 29.5 Å². The summed E-state index contributed by atoms with van der Waals surface area (Å²) >= 11 is 1.40. The Morgan fingerprint density at radius 2 is 2.21 bits per heavy atom. The number of aromatic nitrogens is 2. The van der Waals surface area contributed by atoms with Gasteiger partial charge in [-0.25, -0.2) is 0 Å². The van der Waals surface area contributed by atoms with E-state index in [0.717, 1.165) is 17.8 Å². The average molecular weight is 349 g/mol. The van der Waals surface area contributed by atoms with Crippen molar-refractivity contribution in [3.8, 4) is 17.2 Å². The summed E-state index contributed by atoms with van der Waals surface area (Å²) in [7, 11) is 0. The first-order valence-corrected chi connectivity index (χ1v) is 8.63. The maximum absolute atomic E-state index is 12.0. The van der Waals surface area contributed by atoms with E-state index in [1.54, 1.807) is 18.2 Å². The largest absolute Gasteiger partial charge is 0.484 e. The third-order valence-corrected chi connectivity index (χ3v) is 4.61. The molecule has 0 bridgehead atoms. The van der Waals surface area contributed by atoms with Crippen molar-refractivity contribution in [1.82, 2.24) is 10.2 Å². The van der Waals surface area contributed by atoms with Crippen LogP contribution in [0.5, 0.6) is 17.2 Å². The third-order valence-electron chi connectivity index (χ3n) is 3.54. The van der Waals surface area contributed by atoms with Gasteiger partial charge in [-0.2, -0.15) is 0 Å². The zero-order valence-corrected chi connectivity index (χ0v) is 14.4. The molecule has 3 rings (SSSR count). The van der Waals surface area contributed by atoms with E-state index >= 15 is 0 Å². The van der Waals surface area contributed by atoms with E-state index in [0.29, 0.717) is 28.3 Å². The predicted molar refractivity (Wildman–Crippen MR) is 89.9 cm³/mol. The zero-order valence-electron chi connectivity index (χ0n) is 13.6. The fraction of sp³-hybridized carbons (Fsp3) is 0.438. The highest BCUT2D eigenvalue weighted by molar-refractivity contribution is 7.15. The lowest BCUT2D eigenvalue weighted by molar-refractivity contribution is -0.118. The van der Waals surface area contributed by atoms with Crippen molar-refractivity contribution in [2.45, 2.75) is 32.6 Å². The van der Waals surface area contributed by atoms with E-state index < -0.39 is 0 Å². The van der Waals surface area contributed by atoms with Gasteiger partial charge in [0.15, 0.2) is 18.1 Å². The van der Waals surface area contributed by atoms with Crippen molar-refractivity contribution < 1.29 is 19.0 Å². The number of hydrogen-bond acceptors (Lipinski definition) is 7. The lowest BCUT2D eigenvalue weighted by Gasteiger charge is -2.06. The summed E-state index contributed by atoms with van der Waals surface area (Å²) in [6.07, 6.45) is 2.14. The Labute approximate surface area is 144 Å². The highest BCUT2D eigenvalue weighted by atomic mass is 32.1. The number of benzene rings is 1. The maximum atomic E-state index is 12.0. The third kappa shape index (κ3) is 3.94.